The molecule has 0 aliphatic heterocycles. The smallest absolute Gasteiger partial charge is 0.457 e. The van der Waals surface area contributed by atoms with E-state index < -0.39 is 138 Å². The van der Waals surface area contributed by atoms with Gasteiger partial charge >= 0.3 is 95.3 Å². The number of aryl methyl sites for hydroxylation is 4. The third-order valence-corrected chi connectivity index (χ3v) is 12.7. The van der Waals surface area contributed by atoms with Gasteiger partial charge in [0.25, 0.3) is 0 Å². The van der Waals surface area contributed by atoms with Crippen molar-refractivity contribution in [2.75, 3.05) is 18.3 Å². The Hall–Kier alpha value is -3.64. The van der Waals surface area contributed by atoms with Gasteiger partial charge < -0.3 is 9.47 Å². The molecule has 2 nitrogen and oxygen atoms in total. The first-order chi connectivity index (χ1) is 33.7. The SMILES string of the molecule is Cc1cc(CSCCC(F)(F)C(F)(F)C(F)(F)C(F)(F)C(F)(F)C(F)(F)C(F)(F)C(F)(F)F)cc(C)c1OCOc1c(C)cc(CSCCC(F)(F)C(F)(F)C(F)(F)C(F)(F)C(F)(F)C(F)(F)C(F)(F)C(F)(F)F)cc1C. The van der Waals surface area contributed by atoms with Crippen molar-refractivity contribution < 1.29 is 159 Å². The highest BCUT2D eigenvalue weighted by Crippen LogP contribution is 2.66. The topological polar surface area (TPSA) is 18.5 Å². The standard InChI is InChI=1S/C39H30F34O2S2/c1-16-9-20(13-76-7-5-24(40,41)26(44,45)28(48,49)30(52,53)32(56,57)34(60,61)36(64,65)38(68,69)70)10-17(2)22(16)74-15-75-23-18(3)11-21(12-19(23)4)14-77-8-6-25(42,43)27(46,47)29(50,51)31(54,55)33(58,59)35(62,63)37(66,67)39(71,72)73/h9-12H,5-8,13-15H2,1-4H3. The number of halogens is 34. The van der Waals surface area contributed by atoms with E-state index in [1.807, 2.05) is 0 Å². The molecule has 77 heavy (non-hydrogen) atoms. The molecule has 2 aromatic carbocycles. The van der Waals surface area contributed by atoms with Gasteiger partial charge in [0.2, 0.25) is 6.79 Å². The molecule has 0 fully saturated rings. The van der Waals surface area contributed by atoms with Gasteiger partial charge in [0.15, 0.2) is 0 Å². The molecular formula is C39H30F34O2S2. The van der Waals surface area contributed by atoms with E-state index >= 15 is 0 Å². The lowest BCUT2D eigenvalue weighted by Gasteiger charge is -2.42. The zero-order valence-electron chi connectivity index (χ0n) is 37.7. The maximum absolute atomic E-state index is 14.3. The van der Waals surface area contributed by atoms with Gasteiger partial charge in [-0.2, -0.15) is 173 Å². The Labute approximate surface area is 416 Å². The highest BCUT2D eigenvalue weighted by molar-refractivity contribution is 7.98. The van der Waals surface area contributed by atoms with Crippen LogP contribution in [0.2, 0.25) is 0 Å². The van der Waals surface area contributed by atoms with Crippen LogP contribution in [0.3, 0.4) is 0 Å². The van der Waals surface area contributed by atoms with E-state index in [2.05, 4.69) is 0 Å². The van der Waals surface area contributed by atoms with Crippen molar-refractivity contribution in [3.63, 3.8) is 0 Å². The van der Waals surface area contributed by atoms with E-state index in [0.717, 1.165) is 0 Å². The lowest BCUT2D eigenvalue weighted by molar-refractivity contribution is -0.461. The van der Waals surface area contributed by atoms with Crippen LogP contribution in [0.5, 0.6) is 11.5 Å². The minimum atomic E-state index is -8.77. The van der Waals surface area contributed by atoms with Gasteiger partial charge in [0.05, 0.1) is 0 Å². The highest BCUT2D eigenvalue weighted by Gasteiger charge is 2.97. The summed E-state index contributed by atoms with van der Waals surface area (Å²) in [6.45, 7) is 4.54. The number of hydrogen-bond donors (Lipinski definition) is 0. The molecule has 0 radical (unpaired) electrons. The fraction of sp³-hybridized carbons (Fsp3) is 0.692. The molecule has 448 valence electrons. The molecule has 0 N–H and O–H groups in total. The molecule has 0 aliphatic carbocycles. The second-order valence-corrected chi connectivity index (χ2v) is 18.6. The second-order valence-electron chi connectivity index (χ2n) is 16.4. The van der Waals surface area contributed by atoms with Crippen LogP contribution in [0.15, 0.2) is 24.3 Å². The van der Waals surface area contributed by atoms with E-state index in [1.54, 1.807) is 0 Å². The van der Waals surface area contributed by atoms with E-state index in [0.29, 0.717) is 0 Å². The third kappa shape index (κ3) is 11.5. The summed E-state index contributed by atoms with van der Waals surface area (Å²) in [5.41, 5.74) is 0.762. The number of hydrogen-bond acceptors (Lipinski definition) is 4. The molecule has 2 aromatic rings. The number of benzene rings is 2. The molecule has 0 saturated heterocycles. The number of ether oxygens (including phenoxy) is 2. The first-order valence-corrected chi connectivity index (χ1v) is 22.1. The maximum Gasteiger partial charge on any atom is 0.460 e. The van der Waals surface area contributed by atoms with Crippen molar-refractivity contribution in [1.29, 1.82) is 0 Å². The van der Waals surface area contributed by atoms with Crippen molar-refractivity contribution in [3.05, 3.63) is 57.6 Å². The van der Waals surface area contributed by atoms with Crippen LogP contribution < -0.4 is 9.47 Å². The molecule has 0 atom stereocenters. The summed E-state index contributed by atoms with van der Waals surface area (Å²) in [6.07, 6.45) is -21.1. The minimum Gasteiger partial charge on any atom is -0.457 e. The fourth-order valence-electron chi connectivity index (χ4n) is 6.34. The maximum atomic E-state index is 14.3. The summed E-state index contributed by atoms with van der Waals surface area (Å²) in [5, 5.41) is 0. The van der Waals surface area contributed by atoms with Crippen LogP contribution in [-0.4, -0.2) is 114 Å². The molecule has 0 heterocycles. The molecule has 38 heteroatoms. The first-order valence-electron chi connectivity index (χ1n) is 19.8. The highest BCUT2D eigenvalue weighted by atomic mass is 32.2. The fourth-order valence-corrected chi connectivity index (χ4v) is 8.23. The van der Waals surface area contributed by atoms with Gasteiger partial charge in [-0.3, -0.25) is 0 Å². The summed E-state index contributed by atoms with van der Waals surface area (Å²) in [6, 6.07) is 4.79. The average molecular weight is 1240 g/mol. The number of rotatable bonds is 26. The Kier molecular flexibility index (Phi) is 19.3. The van der Waals surface area contributed by atoms with Crippen LogP contribution in [0.4, 0.5) is 149 Å². The molecular weight excluding hydrogens is 1210 g/mol. The van der Waals surface area contributed by atoms with Gasteiger partial charge in [0.1, 0.15) is 11.5 Å². The normalized spacial score (nSPS) is 15.4. The molecule has 2 rings (SSSR count). The number of thioether (sulfide) groups is 2. The van der Waals surface area contributed by atoms with Gasteiger partial charge in [-0.25, -0.2) is 0 Å². The van der Waals surface area contributed by atoms with Crippen LogP contribution in [0, 0.1) is 27.7 Å². The monoisotopic (exact) mass is 1240 g/mol. The van der Waals surface area contributed by atoms with Gasteiger partial charge in [-0.05, 0) is 72.6 Å². The van der Waals surface area contributed by atoms with Crippen LogP contribution in [0.25, 0.3) is 0 Å². The Morgan fingerprint density at radius 1 is 0.299 bits per heavy atom. The Morgan fingerprint density at radius 2 is 0.494 bits per heavy atom. The Bertz CT molecular complexity index is 2160. The molecule has 0 aromatic heterocycles. The van der Waals surface area contributed by atoms with E-state index in [9.17, 15) is 149 Å². The van der Waals surface area contributed by atoms with Gasteiger partial charge in [0, 0.05) is 24.3 Å². The Morgan fingerprint density at radius 3 is 0.701 bits per heavy atom. The summed E-state index contributed by atoms with van der Waals surface area (Å²) in [4.78, 5) is 0. The van der Waals surface area contributed by atoms with E-state index in [-0.39, 0.29) is 68.4 Å². The first kappa shape index (κ1) is 69.5. The third-order valence-electron chi connectivity index (χ3n) is 10.7. The summed E-state index contributed by atoms with van der Waals surface area (Å²) < 4.78 is 472. The summed E-state index contributed by atoms with van der Waals surface area (Å²) in [5.74, 6) is -119. The molecule has 0 bridgehead atoms. The van der Waals surface area contributed by atoms with E-state index in [4.69, 9.17) is 9.47 Å². The summed E-state index contributed by atoms with van der Waals surface area (Å²) in [7, 11) is 0. The van der Waals surface area contributed by atoms with Crippen LogP contribution >= 0.6 is 23.5 Å². The summed E-state index contributed by atoms with van der Waals surface area (Å²) >= 11 is 0.255. The average Bonchev–Trinajstić information content (AvgIpc) is 3.24. The Balaban J connectivity index is 2.11. The van der Waals surface area contributed by atoms with Crippen LogP contribution in [-0.2, 0) is 11.5 Å². The lowest BCUT2D eigenvalue weighted by Crippen LogP contribution is -2.74. The minimum absolute atomic E-state index is 0.00898. The zero-order valence-corrected chi connectivity index (χ0v) is 39.4. The molecule has 0 saturated carbocycles. The lowest BCUT2D eigenvalue weighted by atomic mass is 9.88. The van der Waals surface area contributed by atoms with Crippen LogP contribution in [0.1, 0.15) is 46.2 Å². The largest absolute Gasteiger partial charge is 0.460 e. The number of alkyl halides is 34. The molecule has 0 spiro atoms. The van der Waals surface area contributed by atoms with Gasteiger partial charge in [-0.15, -0.1) is 0 Å². The quantitative estimate of drug-likeness (QED) is 0.0531. The van der Waals surface area contributed by atoms with Crippen molar-refractivity contribution in [1.82, 2.24) is 0 Å². The van der Waals surface area contributed by atoms with Crippen molar-refractivity contribution in [2.24, 2.45) is 0 Å². The van der Waals surface area contributed by atoms with Crippen molar-refractivity contribution >= 4 is 23.5 Å². The van der Waals surface area contributed by atoms with Gasteiger partial charge in [-0.1, -0.05) is 24.3 Å². The molecule has 0 unspecified atom stereocenters. The zero-order chi connectivity index (χ0) is 61.2. The second kappa shape index (κ2) is 21.4. The van der Waals surface area contributed by atoms with Crippen molar-refractivity contribution in [2.45, 2.75) is 147 Å². The molecule has 0 amide bonds. The molecule has 0 aliphatic rings. The predicted octanol–water partition coefficient (Wildman–Crippen LogP) is 17.6. The predicted molar refractivity (Wildman–Crippen MR) is 201 cm³/mol. The van der Waals surface area contributed by atoms with E-state index in [1.165, 1.54) is 52.0 Å². The van der Waals surface area contributed by atoms with Crippen molar-refractivity contribution in [3.8, 4) is 11.5 Å².